The van der Waals surface area contributed by atoms with E-state index in [9.17, 15) is 18.8 Å². The molecular weight excluding hydrogens is 508 g/mol. The van der Waals surface area contributed by atoms with E-state index in [1.54, 1.807) is 50.6 Å². The standard InChI is InChI=1S/C26H26Cl2FN3O4/c1-14-21(15(2)31(4)23(14)25(34)36-5)24(33)16(3)32(13-17-9-11-18(29)12-10-17)26(35)30-22-19(27)7-6-8-20(22)28/h6-12,16H,13H2,1-5H3,(H,30,35). The second-order valence-electron chi connectivity index (χ2n) is 8.31. The fraction of sp³-hybridized carbons (Fsp3) is 0.269. The molecule has 0 bridgehead atoms. The lowest BCUT2D eigenvalue weighted by Crippen LogP contribution is -2.45. The molecule has 0 aliphatic heterocycles. The van der Waals surface area contributed by atoms with Crippen LogP contribution < -0.4 is 5.32 Å². The van der Waals surface area contributed by atoms with E-state index in [1.165, 1.54) is 36.3 Å². The van der Waals surface area contributed by atoms with E-state index in [-0.39, 0.29) is 33.8 Å². The molecule has 0 radical (unpaired) electrons. The number of urea groups is 1. The van der Waals surface area contributed by atoms with E-state index in [4.69, 9.17) is 27.9 Å². The number of methoxy groups -OCH3 is 1. The van der Waals surface area contributed by atoms with Gasteiger partial charge in [0.15, 0.2) is 5.78 Å². The predicted octanol–water partition coefficient (Wildman–Crippen LogP) is 6.18. The van der Waals surface area contributed by atoms with Crippen LogP contribution in [0.4, 0.5) is 14.9 Å². The number of ether oxygens (including phenoxy) is 1. The van der Waals surface area contributed by atoms with E-state index in [0.29, 0.717) is 22.4 Å². The molecule has 2 amide bonds. The van der Waals surface area contributed by atoms with E-state index in [1.807, 2.05) is 0 Å². The number of halogens is 3. The number of nitrogens with one attached hydrogen (secondary N) is 1. The normalized spacial score (nSPS) is 11.7. The summed E-state index contributed by atoms with van der Waals surface area (Å²) in [7, 11) is 2.93. The Balaban J connectivity index is 2.02. The van der Waals surface area contributed by atoms with Gasteiger partial charge >= 0.3 is 12.0 Å². The number of ketones is 1. The summed E-state index contributed by atoms with van der Waals surface area (Å²) >= 11 is 12.5. The van der Waals surface area contributed by atoms with Gasteiger partial charge in [0.2, 0.25) is 0 Å². The Morgan fingerprint density at radius 2 is 1.67 bits per heavy atom. The summed E-state index contributed by atoms with van der Waals surface area (Å²) in [5.41, 5.74) is 2.39. The molecule has 0 fully saturated rings. The quantitative estimate of drug-likeness (QED) is 0.290. The second kappa shape index (κ2) is 11.1. The Labute approximate surface area is 218 Å². The molecule has 1 aromatic heterocycles. The molecule has 3 aromatic rings. The van der Waals surface area contributed by atoms with Crippen molar-refractivity contribution in [1.29, 1.82) is 0 Å². The van der Waals surface area contributed by atoms with Crippen molar-refractivity contribution in [1.82, 2.24) is 9.47 Å². The average Bonchev–Trinajstić information content (AvgIpc) is 3.07. The Morgan fingerprint density at radius 3 is 2.22 bits per heavy atom. The van der Waals surface area contributed by atoms with Crippen LogP contribution in [0.3, 0.4) is 0 Å². The molecular formula is C26H26Cl2FN3O4. The summed E-state index contributed by atoms with van der Waals surface area (Å²) in [4.78, 5) is 40.8. The van der Waals surface area contributed by atoms with Gasteiger partial charge in [-0.05, 0) is 56.2 Å². The Bertz CT molecular complexity index is 1300. The molecule has 0 saturated carbocycles. The number of aromatic nitrogens is 1. The first-order chi connectivity index (χ1) is 17.0. The first-order valence-corrected chi connectivity index (χ1v) is 11.8. The fourth-order valence-corrected chi connectivity index (χ4v) is 4.54. The molecule has 1 heterocycles. The number of Topliss-reactive ketones (excluding diaryl/α,β-unsaturated/α-hetero) is 1. The maximum Gasteiger partial charge on any atom is 0.354 e. The van der Waals surface area contributed by atoms with E-state index in [2.05, 4.69) is 5.32 Å². The monoisotopic (exact) mass is 533 g/mol. The molecule has 2 aromatic carbocycles. The molecule has 0 saturated heterocycles. The van der Waals surface area contributed by atoms with E-state index < -0.39 is 23.9 Å². The van der Waals surface area contributed by atoms with Gasteiger partial charge in [0.05, 0.1) is 28.9 Å². The minimum absolute atomic E-state index is 0.00409. The van der Waals surface area contributed by atoms with Gasteiger partial charge in [0, 0.05) is 24.8 Å². The number of para-hydroxylation sites is 1. The number of hydrogen-bond acceptors (Lipinski definition) is 4. The third-order valence-electron chi connectivity index (χ3n) is 6.12. The van der Waals surface area contributed by atoms with Gasteiger partial charge in [0.25, 0.3) is 0 Å². The first-order valence-electron chi connectivity index (χ1n) is 11.0. The molecule has 190 valence electrons. The third kappa shape index (κ3) is 5.39. The van der Waals surface area contributed by atoms with E-state index >= 15 is 0 Å². The molecule has 7 nitrogen and oxygen atoms in total. The predicted molar refractivity (Wildman–Crippen MR) is 137 cm³/mol. The zero-order chi connectivity index (χ0) is 26.7. The lowest BCUT2D eigenvalue weighted by Gasteiger charge is -2.29. The molecule has 3 rings (SSSR count). The summed E-state index contributed by atoms with van der Waals surface area (Å²) in [6.07, 6.45) is 0. The van der Waals surface area contributed by atoms with Gasteiger partial charge < -0.3 is 19.5 Å². The highest BCUT2D eigenvalue weighted by Crippen LogP contribution is 2.31. The lowest BCUT2D eigenvalue weighted by molar-refractivity contribution is 0.0588. The third-order valence-corrected chi connectivity index (χ3v) is 6.75. The van der Waals surface area contributed by atoms with E-state index in [0.717, 1.165) is 0 Å². The fourth-order valence-electron chi connectivity index (χ4n) is 4.04. The molecule has 1 unspecified atom stereocenters. The van der Waals surface area contributed by atoms with Gasteiger partial charge in [-0.25, -0.2) is 14.0 Å². The Kier molecular flexibility index (Phi) is 8.43. The zero-order valence-electron chi connectivity index (χ0n) is 20.5. The number of rotatable bonds is 7. The maximum atomic E-state index is 13.7. The molecule has 1 N–H and O–H groups in total. The van der Waals surface area contributed by atoms with Crippen LogP contribution in [0.1, 0.15) is 44.6 Å². The molecule has 0 spiro atoms. The summed E-state index contributed by atoms with van der Waals surface area (Å²) < 4.78 is 19.9. The smallest absolute Gasteiger partial charge is 0.354 e. The van der Waals surface area contributed by atoms with Gasteiger partial charge in [0.1, 0.15) is 11.5 Å². The van der Waals surface area contributed by atoms with Crippen molar-refractivity contribution in [2.75, 3.05) is 12.4 Å². The SMILES string of the molecule is COC(=O)c1c(C)c(C(=O)C(C)N(Cc2ccc(F)cc2)C(=O)Nc2c(Cl)cccc2Cl)c(C)n1C. The average molecular weight is 534 g/mol. The summed E-state index contributed by atoms with van der Waals surface area (Å²) in [5, 5.41) is 3.15. The summed E-state index contributed by atoms with van der Waals surface area (Å²) in [6.45, 7) is 4.96. The van der Waals surface area contributed by atoms with Crippen LogP contribution >= 0.6 is 23.2 Å². The number of carbonyl (C=O) groups is 3. The van der Waals surface area contributed by atoms with Crippen molar-refractivity contribution in [2.24, 2.45) is 7.05 Å². The minimum Gasteiger partial charge on any atom is -0.464 e. The number of benzene rings is 2. The van der Waals surface area contributed by atoms with Crippen LogP contribution in [0, 0.1) is 19.7 Å². The van der Waals surface area contributed by atoms with Crippen LogP contribution in [0.5, 0.6) is 0 Å². The number of amides is 2. The summed E-state index contributed by atoms with van der Waals surface area (Å²) in [6, 6.07) is 8.81. The molecule has 36 heavy (non-hydrogen) atoms. The van der Waals surface area contributed by atoms with Crippen molar-refractivity contribution in [3.05, 3.63) is 86.4 Å². The lowest BCUT2D eigenvalue weighted by atomic mass is 9.99. The Hall–Kier alpha value is -3.36. The zero-order valence-corrected chi connectivity index (χ0v) is 22.0. The van der Waals surface area contributed by atoms with Gasteiger partial charge in [-0.2, -0.15) is 0 Å². The van der Waals surface area contributed by atoms with Crippen molar-refractivity contribution in [3.63, 3.8) is 0 Å². The van der Waals surface area contributed by atoms with Crippen molar-refractivity contribution >= 4 is 46.7 Å². The van der Waals surface area contributed by atoms with Crippen LogP contribution in [-0.4, -0.2) is 40.4 Å². The molecule has 1 atom stereocenters. The maximum absolute atomic E-state index is 13.7. The van der Waals surface area contributed by atoms with Crippen LogP contribution in [0.15, 0.2) is 42.5 Å². The Morgan fingerprint density at radius 1 is 1.08 bits per heavy atom. The number of hydrogen-bond donors (Lipinski definition) is 1. The topological polar surface area (TPSA) is 80.6 Å². The number of carbonyl (C=O) groups excluding carboxylic acids is 3. The number of esters is 1. The summed E-state index contributed by atoms with van der Waals surface area (Å²) in [5.74, 6) is -1.37. The van der Waals surface area contributed by atoms with Gasteiger partial charge in [-0.15, -0.1) is 0 Å². The van der Waals surface area contributed by atoms with Crippen LogP contribution in [-0.2, 0) is 18.3 Å². The van der Waals surface area contributed by atoms with Crippen LogP contribution in [0.2, 0.25) is 10.0 Å². The minimum atomic E-state index is -0.971. The number of anilines is 1. The highest BCUT2D eigenvalue weighted by atomic mass is 35.5. The van der Waals surface area contributed by atoms with Crippen LogP contribution in [0.25, 0.3) is 0 Å². The number of nitrogens with zero attached hydrogens (tertiary/aromatic N) is 2. The molecule has 0 aliphatic carbocycles. The highest BCUT2D eigenvalue weighted by Gasteiger charge is 2.33. The largest absolute Gasteiger partial charge is 0.464 e. The van der Waals surface area contributed by atoms with Crippen molar-refractivity contribution in [2.45, 2.75) is 33.4 Å². The van der Waals surface area contributed by atoms with Crippen molar-refractivity contribution < 1.29 is 23.5 Å². The molecule has 10 heteroatoms. The molecule has 0 aliphatic rings. The highest BCUT2D eigenvalue weighted by molar-refractivity contribution is 6.39. The van der Waals surface area contributed by atoms with Crippen molar-refractivity contribution in [3.8, 4) is 0 Å². The first kappa shape index (κ1) is 27.2. The van der Waals surface area contributed by atoms with Gasteiger partial charge in [-0.3, -0.25) is 4.79 Å². The van der Waals surface area contributed by atoms with Gasteiger partial charge in [-0.1, -0.05) is 41.4 Å². The second-order valence-corrected chi connectivity index (χ2v) is 9.12.